The molecule has 0 bridgehead atoms. The Bertz CT molecular complexity index is 1020. The van der Waals surface area contributed by atoms with Crippen molar-refractivity contribution in [3.8, 4) is 5.75 Å². The number of methoxy groups -OCH3 is 1. The molecule has 1 unspecified atom stereocenters. The summed E-state index contributed by atoms with van der Waals surface area (Å²) >= 11 is 0. The van der Waals surface area contributed by atoms with Gasteiger partial charge in [-0.2, -0.15) is 18.3 Å². The van der Waals surface area contributed by atoms with Crippen LogP contribution in [-0.2, 0) is 15.8 Å². The van der Waals surface area contributed by atoms with E-state index < -0.39 is 29.6 Å². The largest absolute Gasteiger partial charge is 0.496 e. The van der Waals surface area contributed by atoms with Gasteiger partial charge in [-0.3, -0.25) is 14.9 Å². The van der Waals surface area contributed by atoms with Gasteiger partial charge in [0.05, 0.1) is 25.3 Å². The van der Waals surface area contributed by atoms with Crippen LogP contribution in [0.25, 0.3) is 0 Å². The molecule has 1 atom stereocenters. The van der Waals surface area contributed by atoms with E-state index in [4.69, 9.17) is 4.74 Å². The van der Waals surface area contributed by atoms with E-state index in [0.717, 1.165) is 24.3 Å². The number of carbonyl (C=O) groups is 2. The molecule has 11 heteroatoms. The van der Waals surface area contributed by atoms with Crippen molar-refractivity contribution in [3.63, 3.8) is 0 Å². The molecule has 3 N–H and O–H groups in total. The average molecular weight is 433 g/mol. The molecular weight excluding hydrogens is 415 g/mol. The minimum Gasteiger partial charge on any atom is -0.496 e. The third-order valence-corrected chi connectivity index (χ3v) is 4.22. The predicted octanol–water partition coefficient (Wildman–Crippen LogP) is 2.52. The van der Waals surface area contributed by atoms with Gasteiger partial charge in [0.15, 0.2) is 0 Å². The SMILES string of the molecule is COc1ccccc1C=NNC1=NC(CC(=O)Nc2ccc(C(F)(F)F)cc2)C(=O)N1. The van der Waals surface area contributed by atoms with Crippen molar-refractivity contribution < 1.29 is 27.5 Å². The molecule has 1 aliphatic heterocycles. The number of hydrogen-bond donors (Lipinski definition) is 3. The minimum atomic E-state index is -4.46. The van der Waals surface area contributed by atoms with Gasteiger partial charge in [-0.25, -0.2) is 10.4 Å². The maximum atomic E-state index is 12.6. The van der Waals surface area contributed by atoms with E-state index >= 15 is 0 Å². The first kappa shape index (κ1) is 21.8. The zero-order valence-corrected chi connectivity index (χ0v) is 16.2. The molecule has 8 nitrogen and oxygen atoms in total. The molecule has 0 spiro atoms. The summed E-state index contributed by atoms with van der Waals surface area (Å²) in [5, 5.41) is 8.89. The van der Waals surface area contributed by atoms with Crippen molar-refractivity contribution in [2.45, 2.75) is 18.6 Å². The smallest absolute Gasteiger partial charge is 0.416 e. The molecule has 2 aromatic carbocycles. The van der Waals surface area contributed by atoms with Crippen LogP contribution in [0.5, 0.6) is 5.75 Å². The number of para-hydroxylation sites is 1. The number of ether oxygens (including phenoxy) is 1. The summed E-state index contributed by atoms with van der Waals surface area (Å²) in [6, 6.07) is 10.2. The van der Waals surface area contributed by atoms with E-state index in [1.165, 1.54) is 13.3 Å². The van der Waals surface area contributed by atoms with E-state index in [-0.39, 0.29) is 18.1 Å². The Morgan fingerprint density at radius 1 is 1.23 bits per heavy atom. The van der Waals surface area contributed by atoms with Crippen LogP contribution in [0.3, 0.4) is 0 Å². The highest BCUT2D eigenvalue weighted by molar-refractivity contribution is 6.07. The van der Waals surface area contributed by atoms with E-state index in [9.17, 15) is 22.8 Å². The number of alkyl halides is 3. The van der Waals surface area contributed by atoms with Crippen molar-refractivity contribution in [2.24, 2.45) is 10.1 Å². The summed E-state index contributed by atoms with van der Waals surface area (Å²) in [6.45, 7) is 0. The lowest BCUT2D eigenvalue weighted by atomic mass is 10.1. The van der Waals surface area contributed by atoms with Gasteiger partial charge < -0.3 is 10.1 Å². The molecule has 0 radical (unpaired) electrons. The van der Waals surface area contributed by atoms with Gasteiger partial charge in [0.25, 0.3) is 5.91 Å². The lowest BCUT2D eigenvalue weighted by Crippen LogP contribution is -2.35. The number of anilines is 1. The molecule has 2 amide bonds. The Kier molecular flexibility index (Phi) is 6.53. The second-order valence-corrected chi connectivity index (χ2v) is 6.42. The predicted molar refractivity (Wildman–Crippen MR) is 108 cm³/mol. The lowest BCUT2D eigenvalue weighted by Gasteiger charge is -2.09. The van der Waals surface area contributed by atoms with Gasteiger partial charge in [-0.1, -0.05) is 12.1 Å². The van der Waals surface area contributed by atoms with Crippen LogP contribution in [0.2, 0.25) is 0 Å². The highest BCUT2D eigenvalue weighted by Crippen LogP contribution is 2.29. The summed E-state index contributed by atoms with van der Waals surface area (Å²) in [7, 11) is 1.53. The van der Waals surface area contributed by atoms with E-state index in [1.807, 2.05) is 12.1 Å². The molecular formula is C20H18F3N5O3. The Labute approximate surface area is 175 Å². The second-order valence-electron chi connectivity index (χ2n) is 6.42. The number of rotatable bonds is 6. The maximum absolute atomic E-state index is 12.6. The van der Waals surface area contributed by atoms with Gasteiger partial charge in [-0.05, 0) is 36.4 Å². The van der Waals surface area contributed by atoms with E-state index in [2.05, 4.69) is 26.2 Å². The molecule has 0 saturated heterocycles. The number of nitrogens with one attached hydrogen (secondary N) is 3. The minimum absolute atomic E-state index is 0.0727. The van der Waals surface area contributed by atoms with Crippen LogP contribution >= 0.6 is 0 Å². The van der Waals surface area contributed by atoms with Crippen molar-refractivity contribution in [1.29, 1.82) is 0 Å². The summed E-state index contributed by atoms with van der Waals surface area (Å²) in [5.41, 5.74) is 2.64. The van der Waals surface area contributed by atoms with Gasteiger partial charge in [-0.15, -0.1) is 0 Å². The lowest BCUT2D eigenvalue weighted by molar-refractivity contribution is -0.137. The summed E-state index contributed by atoms with van der Waals surface area (Å²) in [5.74, 6) is -0.383. The van der Waals surface area contributed by atoms with Crippen molar-refractivity contribution in [3.05, 3.63) is 59.7 Å². The van der Waals surface area contributed by atoms with Crippen LogP contribution in [0.4, 0.5) is 18.9 Å². The molecule has 1 aliphatic rings. The third kappa shape index (κ3) is 5.81. The van der Waals surface area contributed by atoms with Gasteiger partial charge in [0, 0.05) is 11.3 Å². The van der Waals surface area contributed by atoms with Crippen molar-refractivity contribution in [1.82, 2.24) is 10.7 Å². The monoisotopic (exact) mass is 433 g/mol. The molecule has 0 saturated carbocycles. The van der Waals surface area contributed by atoms with Gasteiger partial charge >= 0.3 is 6.18 Å². The number of carbonyl (C=O) groups excluding carboxylic acids is 2. The molecule has 31 heavy (non-hydrogen) atoms. The molecule has 0 aromatic heterocycles. The molecule has 162 valence electrons. The fraction of sp³-hybridized carbons (Fsp3) is 0.200. The molecule has 0 fully saturated rings. The number of hydrazone groups is 1. The normalized spacial score (nSPS) is 16.1. The summed E-state index contributed by atoms with van der Waals surface area (Å²) in [6.07, 6.45) is -3.26. The summed E-state index contributed by atoms with van der Waals surface area (Å²) < 4.78 is 43.0. The van der Waals surface area contributed by atoms with Gasteiger partial charge in [0.2, 0.25) is 11.9 Å². The molecule has 1 heterocycles. The van der Waals surface area contributed by atoms with E-state index in [0.29, 0.717) is 11.3 Å². The fourth-order valence-electron chi connectivity index (χ4n) is 2.71. The zero-order chi connectivity index (χ0) is 22.4. The van der Waals surface area contributed by atoms with E-state index in [1.54, 1.807) is 12.1 Å². The Balaban J connectivity index is 1.55. The van der Waals surface area contributed by atoms with Crippen LogP contribution in [-0.4, -0.2) is 37.1 Å². The Morgan fingerprint density at radius 2 is 1.94 bits per heavy atom. The molecule has 0 aliphatic carbocycles. The Morgan fingerprint density at radius 3 is 2.61 bits per heavy atom. The second kappa shape index (κ2) is 9.28. The quantitative estimate of drug-likeness (QED) is 0.481. The molecule has 3 rings (SSSR count). The third-order valence-electron chi connectivity index (χ3n) is 4.22. The number of nitrogens with zero attached hydrogens (tertiary/aromatic N) is 2. The first-order chi connectivity index (χ1) is 14.8. The highest BCUT2D eigenvalue weighted by atomic mass is 19.4. The number of amides is 2. The number of aliphatic imine (C=N–C) groups is 1. The Hall–Kier alpha value is -3.89. The van der Waals surface area contributed by atoms with Crippen LogP contribution in [0.1, 0.15) is 17.5 Å². The van der Waals surface area contributed by atoms with Crippen molar-refractivity contribution in [2.75, 3.05) is 12.4 Å². The average Bonchev–Trinajstić information content (AvgIpc) is 3.07. The van der Waals surface area contributed by atoms with Crippen LogP contribution < -0.4 is 20.8 Å². The zero-order valence-electron chi connectivity index (χ0n) is 16.2. The topological polar surface area (TPSA) is 104 Å². The molecule has 2 aromatic rings. The first-order valence-electron chi connectivity index (χ1n) is 9.04. The number of hydrogen-bond acceptors (Lipinski definition) is 6. The van der Waals surface area contributed by atoms with Crippen LogP contribution in [0.15, 0.2) is 58.6 Å². The fourth-order valence-corrected chi connectivity index (χ4v) is 2.71. The van der Waals surface area contributed by atoms with Gasteiger partial charge in [0.1, 0.15) is 11.8 Å². The maximum Gasteiger partial charge on any atom is 0.416 e. The standard InChI is InChI=1S/C20H18F3N5O3/c1-31-16-5-3-2-4-12(16)11-24-28-19-26-15(18(30)27-19)10-17(29)25-14-8-6-13(7-9-14)20(21,22)23/h2-9,11,15H,10H2,1H3,(H,25,29)(H2,26,27,28,30). The van der Waals surface area contributed by atoms with Crippen LogP contribution in [0, 0.1) is 0 Å². The number of halogens is 3. The first-order valence-corrected chi connectivity index (χ1v) is 9.04. The highest BCUT2D eigenvalue weighted by Gasteiger charge is 2.30. The number of benzene rings is 2. The number of guanidine groups is 1. The summed E-state index contributed by atoms with van der Waals surface area (Å²) in [4.78, 5) is 28.2. The van der Waals surface area contributed by atoms with Crippen molar-refractivity contribution >= 4 is 29.7 Å².